The van der Waals surface area contributed by atoms with Gasteiger partial charge in [0.1, 0.15) is 12.4 Å². The second-order valence-electron chi connectivity index (χ2n) is 7.28. The van der Waals surface area contributed by atoms with E-state index in [2.05, 4.69) is 46.5 Å². The molecular formula is C23H25ClN2OS2. The van der Waals surface area contributed by atoms with Gasteiger partial charge in [0.15, 0.2) is 0 Å². The molecule has 0 saturated heterocycles. The van der Waals surface area contributed by atoms with E-state index in [1.807, 2.05) is 18.2 Å². The molecule has 3 nitrogen and oxygen atoms in total. The molecule has 1 aromatic heterocycles. The van der Waals surface area contributed by atoms with Gasteiger partial charge in [-0.2, -0.15) is 0 Å². The fourth-order valence-electron chi connectivity index (χ4n) is 3.82. The monoisotopic (exact) mass is 444 g/mol. The summed E-state index contributed by atoms with van der Waals surface area (Å²) in [4.78, 5) is 0. The number of nitrogens with two attached hydrogens (primary N) is 1. The summed E-state index contributed by atoms with van der Waals surface area (Å²) in [6.45, 7) is 1.41. The lowest BCUT2D eigenvalue weighted by molar-refractivity contribution is 0.323. The average molecular weight is 445 g/mol. The Bertz CT molecular complexity index is 932. The highest BCUT2D eigenvalue weighted by Gasteiger charge is 2.27. The third kappa shape index (κ3) is 5.56. The first kappa shape index (κ1) is 20.8. The summed E-state index contributed by atoms with van der Waals surface area (Å²) >= 11 is 9.57. The van der Waals surface area contributed by atoms with Gasteiger partial charge < -0.3 is 10.5 Å². The molecule has 152 valence electrons. The van der Waals surface area contributed by atoms with Gasteiger partial charge >= 0.3 is 0 Å². The van der Waals surface area contributed by atoms with Gasteiger partial charge in [0.05, 0.1) is 4.21 Å². The van der Waals surface area contributed by atoms with E-state index in [4.69, 9.17) is 22.1 Å². The molecule has 0 bridgehead atoms. The number of hydrogen-bond donors (Lipinski definition) is 2. The van der Waals surface area contributed by atoms with Crippen molar-refractivity contribution in [2.45, 2.75) is 35.4 Å². The number of halogens is 1. The average Bonchev–Trinajstić information content (AvgIpc) is 3.23. The van der Waals surface area contributed by atoms with Crippen molar-refractivity contribution in [3.05, 3.63) is 81.7 Å². The van der Waals surface area contributed by atoms with Crippen LogP contribution in [-0.2, 0) is 12.8 Å². The lowest BCUT2D eigenvalue weighted by atomic mass is 9.76. The fourth-order valence-corrected chi connectivity index (χ4v) is 5.49. The zero-order valence-corrected chi connectivity index (χ0v) is 18.5. The van der Waals surface area contributed by atoms with E-state index in [-0.39, 0.29) is 12.0 Å². The number of ether oxygens (including phenoxy) is 1. The number of benzene rings is 2. The maximum atomic E-state index is 6.53. The van der Waals surface area contributed by atoms with E-state index < -0.39 is 0 Å². The summed E-state index contributed by atoms with van der Waals surface area (Å²) in [5, 5.41) is 2.86. The molecule has 0 aliphatic heterocycles. The van der Waals surface area contributed by atoms with E-state index in [9.17, 15) is 0 Å². The van der Waals surface area contributed by atoms with Crippen LogP contribution in [0.4, 0.5) is 0 Å². The molecule has 0 saturated carbocycles. The molecule has 29 heavy (non-hydrogen) atoms. The first-order valence-electron chi connectivity index (χ1n) is 9.88. The van der Waals surface area contributed by atoms with Gasteiger partial charge in [-0.15, -0.1) is 11.3 Å². The van der Waals surface area contributed by atoms with Crippen LogP contribution in [0.1, 0.15) is 29.0 Å². The first-order valence-corrected chi connectivity index (χ1v) is 12.0. The quantitative estimate of drug-likeness (QED) is 0.346. The molecule has 4 rings (SSSR count). The van der Waals surface area contributed by atoms with Crippen LogP contribution in [0.5, 0.6) is 5.75 Å². The third-order valence-electron chi connectivity index (χ3n) is 5.27. The largest absolute Gasteiger partial charge is 0.492 e. The lowest BCUT2D eigenvalue weighted by Gasteiger charge is -2.32. The highest BCUT2D eigenvalue weighted by atomic mass is 35.5. The Kier molecular flexibility index (Phi) is 7.16. The summed E-state index contributed by atoms with van der Waals surface area (Å²) < 4.78 is 10.6. The third-order valence-corrected chi connectivity index (χ3v) is 7.39. The molecule has 2 aromatic carbocycles. The molecule has 0 spiro atoms. The van der Waals surface area contributed by atoms with Crippen molar-refractivity contribution in [1.82, 2.24) is 4.72 Å². The number of fused-ring (bicyclic) bond motifs is 1. The van der Waals surface area contributed by atoms with Crippen LogP contribution < -0.4 is 15.2 Å². The SMILES string of the molecule is NC1CCc2ccc(OCCNSc3cccs3)cc2C1Cc1cccc(Cl)c1. The van der Waals surface area contributed by atoms with Gasteiger partial charge in [-0.1, -0.05) is 35.9 Å². The molecular weight excluding hydrogens is 420 g/mol. The van der Waals surface area contributed by atoms with Crippen molar-refractivity contribution in [2.24, 2.45) is 5.73 Å². The highest BCUT2D eigenvalue weighted by Crippen LogP contribution is 2.36. The van der Waals surface area contributed by atoms with E-state index in [0.717, 1.165) is 36.6 Å². The second-order valence-corrected chi connectivity index (χ2v) is 9.86. The van der Waals surface area contributed by atoms with Gasteiger partial charge in [-0.25, -0.2) is 0 Å². The van der Waals surface area contributed by atoms with E-state index in [0.29, 0.717) is 6.61 Å². The molecule has 0 amide bonds. The number of nitrogens with one attached hydrogen (secondary N) is 1. The van der Waals surface area contributed by atoms with Crippen molar-refractivity contribution in [1.29, 1.82) is 0 Å². The molecule has 1 aliphatic rings. The minimum atomic E-state index is 0.153. The predicted octanol–water partition coefficient (Wildman–Crippen LogP) is 5.68. The summed E-state index contributed by atoms with van der Waals surface area (Å²) in [5.41, 5.74) is 10.5. The minimum Gasteiger partial charge on any atom is -0.492 e. The molecule has 6 heteroatoms. The van der Waals surface area contributed by atoms with Gasteiger partial charge in [-0.05, 0) is 83.6 Å². The first-order chi connectivity index (χ1) is 14.2. The molecule has 2 unspecified atom stereocenters. The summed E-state index contributed by atoms with van der Waals surface area (Å²) in [7, 11) is 0. The van der Waals surface area contributed by atoms with E-state index in [1.165, 1.54) is 20.9 Å². The number of rotatable bonds is 8. The molecule has 1 aliphatic carbocycles. The fraction of sp³-hybridized carbons (Fsp3) is 0.304. The maximum absolute atomic E-state index is 6.53. The van der Waals surface area contributed by atoms with Crippen molar-refractivity contribution in [3.8, 4) is 5.75 Å². The van der Waals surface area contributed by atoms with Gasteiger partial charge in [-0.3, -0.25) is 4.72 Å². The maximum Gasteiger partial charge on any atom is 0.119 e. The normalized spacial score (nSPS) is 18.4. The Labute approximate surface area is 185 Å². The number of aryl methyl sites for hydroxylation is 1. The second kappa shape index (κ2) is 10.0. The summed E-state index contributed by atoms with van der Waals surface area (Å²) in [5.74, 6) is 1.20. The van der Waals surface area contributed by atoms with Crippen molar-refractivity contribution >= 4 is 34.9 Å². The highest BCUT2D eigenvalue weighted by molar-refractivity contribution is 7.99. The molecule has 3 N–H and O–H groups in total. The standard InChI is InChI=1S/C23H25ClN2OS2/c24-18-4-1-3-16(13-18)14-21-20-15-19(8-6-17(20)7-9-22(21)25)27-11-10-26-29-23-5-2-12-28-23/h1-6,8,12-13,15,21-22,26H,7,9-11,14,25H2. The van der Waals surface area contributed by atoms with Crippen molar-refractivity contribution < 1.29 is 4.74 Å². The molecule has 0 radical (unpaired) electrons. The number of hydrogen-bond acceptors (Lipinski definition) is 5. The number of thiophene rings is 1. The van der Waals surface area contributed by atoms with Crippen molar-refractivity contribution in [3.63, 3.8) is 0 Å². The Balaban J connectivity index is 1.39. The van der Waals surface area contributed by atoms with Crippen molar-refractivity contribution in [2.75, 3.05) is 13.2 Å². The summed E-state index contributed by atoms with van der Waals surface area (Å²) in [6.07, 6.45) is 2.95. The topological polar surface area (TPSA) is 47.3 Å². The Morgan fingerprint density at radius 2 is 2.10 bits per heavy atom. The van der Waals surface area contributed by atoms with Crippen LogP contribution in [0.25, 0.3) is 0 Å². The molecule has 2 atom stereocenters. The predicted molar refractivity (Wildman–Crippen MR) is 124 cm³/mol. The van der Waals surface area contributed by atoms with Crippen LogP contribution in [0.15, 0.2) is 64.2 Å². The zero-order valence-electron chi connectivity index (χ0n) is 16.1. The van der Waals surface area contributed by atoms with Crippen LogP contribution >= 0.6 is 34.9 Å². The Morgan fingerprint density at radius 3 is 2.93 bits per heavy atom. The van der Waals surface area contributed by atoms with Crippen LogP contribution in [0.2, 0.25) is 5.02 Å². The minimum absolute atomic E-state index is 0.153. The van der Waals surface area contributed by atoms with E-state index in [1.54, 1.807) is 23.3 Å². The van der Waals surface area contributed by atoms with Crippen LogP contribution in [-0.4, -0.2) is 19.2 Å². The Hall–Kier alpha value is -1.50. The van der Waals surface area contributed by atoms with Crippen LogP contribution in [0, 0.1) is 0 Å². The molecule has 1 heterocycles. The van der Waals surface area contributed by atoms with E-state index >= 15 is 0 Å². The van der Waals surface area contributed by atoms with Gasteiger partial charge in [0, 0.05) is 23.5 Å². The Morgan fingerprint density at radius 1 is 1.17 bits per heavy atom. The van der Waals surface area contributed by atoms with Gasteiger partial charge in [0.2, 0.25) is 0 Å². The summed E-state index contributed by atoms with van der Waals surface area (Å²) in [6, 6.07) is 18.9. The van der Waals surface area contributed by atoms with Crippen LogP contribution in [0.3, 0.4) is 0 Å². The lowest BCUT2D eigenvalue weighted by Crippen LogP contribution is -2.34. The van der Waals surface area contributed by atoms with Gasteiger partial charge in [0.25, 0.3) is 0 Å². The smallest absolute Gasteiger partial charge is 0.119 e. The zero-order chi connectivity index (χ0) is 20.1. The molecule has 3 aromatic rings. The molecule has 0 fully saturated rings.